The van der Waals surface area contributed by atoms with E-state index in [0.29, 0.717) is 12.8 Å². The van der Waals surface area contributed by atoms with Crippen LogP contribution in [-0.2, 0) is 38.7 Å². The molecule has 0 aromatic heterocycles. The number of hydrogen-bond acceptors (Lipinski definition) is 11. The number of allylic oxidation sites excluding steroid dienone is 4. The van der Waals surface area contributed by atoms with Gasteiger partial charge in [0.15, 0.2) is 12.4 Å². The quantitative estimate of drug-likeness (QED) is 0.0196. The number of aliphatic hydroxyl groups excluding tert-OH is 3. The normalized spacial score (nSPS) is 19.1. The number of hydrogen-bond donors (Lipinski definition) is 4. The number of carbonyl (C=O) groups excluding carboxylic acids is 2. The van der Waals surface area contributed by atoms with E-state index in [0.717, 1.165) is 51.4 Å². The van der Waals surface area contributed by atoms with Crippen molar-refractivity contribution in [3.05, 3.63) is 24.3 Å². The lowest BCUT2D eigenvalue weighted by Crippen LogP contribution is -2.60. The molecule has 2 unspecified atom stereocenters. The molecule has 0 aliphatic carbocycles. The van der Waals surface area contributed by atoms with Crippen molar-refractivity contribution in [3.8, 4) is 0 Å². The summed E-state index contributed by atoms with van der Waals surface area (Å²) in [4.78, 5) is 25.6. The van der Waals surface area contributed by atoms with Crippen LogP contribution in [0.5, 0.6) is 0 Å². The van der Waals surface area contributed by atoms with Gasteiger partial charge in [-0.15, -0.1) is 0 Å². The van der Waals surface area contributed by atoms with Crippen molar-refractivity contribution in [2.24, 2.45) is 0 Å². The third-order valence-corrected chi connectivity index (χ3v) is 14.3. The third kappa shape index (κ3) is 40.6. The van der Waals surface area contributed by atoms with Gasteiger partial charge in [-0.05, 0) is 44.9 Å². The van der Waals surface area contributed by atoms with Crippen molar-refractivity contribution in [3.63, 3.8) is 0 Å². The largest absolute Gasteiger partial charge is 0.462 e. The third-order valence-electron chi connectivity index (χ3n) is 13.5. The maximum atomic E-state index is 12.9. The first-order valence-electron chi connectivity index (χ1n) is 28.9. The average molecular weight is 1020 g/mol. The van der Waals surface area contributed by atoms with Gasteiger partial charge in [0.05, 0.1) is 6.61 Å². The number of ether oxygens (including phenoxy) is 4. The van der Waals surface area contributed by atoms with Crippen molar-refractivity contribution >= 4 is 22.1 Å². The average Bonchev–Trinajstić information content (AvgIpc) is 3.33. The summed E-state index contributed by atoms with van der Waals surface area (Å²) in [6.07, 6.45) is 46.5. The summed E-state index contributed by atoms with van der Waals surface area (Å²) in [6, 6.07) is 0. The second kappa shape index (κ2) is 46.9. The van der Waals surface area contributed by atoms with E-state index in [1.807, 2.05) is 0 Å². The van der Waals surface area contributed by atoms with Crippen LogP contribution in [0.25, 0.3) is 0 Å². The topological polar surface area (TPSA) is 186 Å². The molecule has 70 heavy (non-hydrogen) atoms. The van der Waals surface area contributed by atoms with E-state index in [9.17, 15) is 37.9 Å². The van der Waals surface area contributed by atoms with Crippen LogP contribution in [0.15, 0.2) is 24.3 Å². The van der Waals surface area contributed by atoms with E-state index >= 15 is 0 Å². The molecular weight excluding hydrogens is 909 g/mol. The van der Waals surface area contributed by atoms with Gasteiger partial charge in [0.2, 0.25) is 0 Å². The van der Waals surface area contributed by atoms with Gasteiger partial charge in [-0.2, -0.15) is 8.42 Å². The highest BCUT2D eigenvalue weighted by molar-refractivity contribution is 7.85. The second-order valence-electron chi connectivity index (χ2n) is 20.3. The zero-order valence-corrected chi connectivity index (χ0v) is 45.5. The summed E-state index contributed by atoms with van der Waals surface area (Å²) in [5.41, 5.74) is 0. The number of unbranched alkanes of at least 4 members (excludes halogenated alkanes) is 34. The molecule has 0 radical (unpaired) electrons. The standard InChI is InChI=1S/C57H106O12S/c1-3-5-7-9-11-13-15-17-19-21-23-24-25-26-28-30-32-34-36-38-40-42-44-46-53(59)68-50(48-67-57-56(62)55(61)54(60)51(69-57)49-70(63,64)65)47-66-52(58)45-43-41-39-37-35-33-31-29-27-22-20-18-16-14-12-10-8-6-4-2/h12,14,18,20,50-51,54-57,60-62H,3-11,13,15-17,19,21-49H2,1-2H3,(H,63,64,65)/b14-12+,20-18+/t50-,51-,54-,55?,56?,57+/m1/s1. The van der Waals surface area contributed by atoms with E-state index in [2.05, 4.69) is 38.2 Å². The predicted molar refractivity (Wildman–Crippen MR) is 284 cm³/mol. The fourth-order valence-corrected chi connectivity index (χ4v) is 9.75. The van der Waals surface area contributed by atoms with Crippen LogP contribution in [0.2, 0.25) is 0 Å². The molecule has 0 aromatic carbocycles. The summed E-state index contributed by atoms with van der Waals surface area (Å²) in [5.74, 6) is -1.97. The predicted octanol–water partition coefficient (Wildman–Crippen LogP) is 13.9. The van der Waals surface area contributed by atoms with Crippen LogP contribution in [0, 0.1) is 0 Å². The minimum atomic E-state index is -4.61. The molecule has 0 amide bonds. The molecule has 0 saturated carbocycles. The van der Waals surface area contributed by atoms with Gasteiger partial charge in [0.1, 0.15) is 36.8 Å². The zero-order valence-electron chi connectivity index (χ0n) is 44.6. The number of aliphatic hydroxyl groups is 3. The van der Waals surface area contributed by atoms with Gasteiger partial charge >= 0.3 is 11.9 Å². The Morgan fingerprint density at radius 3 is 1.29 bits per heavy atom. The number of carbonyl (C=O) groups is 2. The van der Waals surface area contributed by atoms with Crippen LogP contribution in [0.3, 0.4) is 0 Å². The lowest BCUT2D eigenvalue weighted by atomic mass is 10.00. The fraction of sp³-hybridized carbons (Fsp3) is 0.895. The highest BCUT2D eigenvalue weighted by Gasteiger charge is 2.46. The molecule has 1 aliphatic rings. The molecule has 12 nitrogen and oxygen atoms in total. The van der Waals surface area contributed by atoms with Crippen LogP contribution in [-0.4, -0.2) is 96.0 Å². The van der Waals surface area contributed by atoms with E-state index < -0.39 is 71.2 Å². The zero-order chi connectivity index (χ0) is 51.2. The monoisotopic (exact) mass is 1010 g/mol. The minimum absolute atomic E-state index is 0.169. The maximum Gasteiger partial charge on any atom is 0.306 e. The van der Waals surface area contributed by atoms with Gasteiger partial charge in [-0.3, -0.25) is 14.1 Å². The molecule has 1 saturated heterocycles. The SMILES string of the molecule is CCCCC/C=C/C/C=C/CCCCCCCCCCCC(=O)OC[C@H](CO[C@H]1O[C@H](CS(=O)(=O)O)[C@@H](O)C(O)C1O)OC(=O)CCCCCCCCCCCCCCCCCCCCCCCCC. The lowest BCUT2D eigenvalue weighted by molar-refractivity contribution is -0.297. The van der Waals surface area contributed by atoms with Crippen LogP contribution >= 0.6 is 0 Å². The molecule has 412 valence electrons. The van der Waals surface area contributed by atoms with E-state index in [1.165, 1.54) is 180 Å². The molecule has 1 rings (SSSR count). The molecule has 4 N–H and O–H groups in total. The first kappa shape index (κ1) is 66.1. The van der Waals surface area contributed by atoms with Gasteiger partial charge in [-0.25, -0.2) is 0 Å². The summed E-state index contributed by atoms with van der Waals surface area (Å²) >= 11 is 0. The first-order valence-corrected chi connectivity index (χ1v) is 30.5. The van der Waals surface area contributed by atoms with Gasteiger partial charge in [0.25, 0.3) is 10.1 Å². The van der Waals surface area contributed by atoms with E-state index in [4.69, 9.17) is 18.9 Å². The van der Waals surface area contributed by atoms with Gasteiger partial charge in [-0.1, -0.05) is 237 Å². The lowest BCUT2D eigenvalue weighted by Gasteiger charge is -2.40. The first-order chi connectivity index (χ1) is 34.0. The van der Waals surface area contributed by atoms with Crippen LogP contribution in [0.4, 0.5) is 0 Å². The summed E-state index contributed by atoms with van der Waals surface area (Å²) < 4.78 is 54.4. The molecule has 0 bridgehead atoms. The summed E-state index contributed by atoms with van der Waals surface area (Å²) in [5, 5.41) is 31.1. The molecule has 1 fully saturated rings. The molecular formula is C57H106O12S. The van der Waals surface area contributed by atoms with Crippen LogP contribution < -0.4 is 0 Å². The Morgan fingerprint density at radius 1 is 0.486 bits per heavy atom. The Kier molecular flexibility index (Phi) is 44.3. The Hall–Kier alpha value is -1.87. The molecule has 1 aliphatic heterocycles. The van der Waals surface area contributed by atoms with Crippen molar-refractivity contribution in [2.45, 2.75) is 307 Å². The van der Waals surface area contributed by atoms with Gasteiger partial charge < -0.3 is 34.3 Å². The highest BCUT2D eigenvalue weighted by atomic mass is 32.2. The second-order valence-corrected chi connectivity index (χ2v) is 21.8. The van der Waals surface area contributed by atoms with Crippen molar-refractivity contribution < 1.29 is 56.8 Å². The Balaban J connectivity index is 2.30. The number of rotatable bonds is 50. The highest BCUT2D eigenvalue weighted by Crippen LogP contribution is 2.24. The molecule has 0 spiro atoms. The molecule has 0 aromatic rings. The number of esters is 2. The summed E-state index contributed by atoms with van der Waals surface area (Å²) in [6.45, 7) is 3.79. The smallest absolute Gasteiger partial charge is 0.306 e. The Labute approximate surface area is 428 Å². The Morgan fingerprint density at radius 2 is 0.857 bits per heavy atom. The van der Waals surface area contributed by atoms with Crippen LogP contribution in [0.1, 0.15) is 271 Å². The summed E-state index contributed by atoms with van der Waals surface area (Å²) in [7, 11) is -4.61. The molecule has 6 atom stereocenters. The molecule has 1 heterocycles. The minimum Gasteiger partial charge on any atom is -0.462 e. The van der Waals surface area contributed by atoms with E-state index in [-0.39, 0.29) is 19.4 Å². The van der Waals surface area contributed by atoms with Crippen molar-refractivity contribution in [1.29, 1.82) is 0 Å². The van der Waals surface area contributed by atoms with E-state index in [1.54, 1.807) is 0 Å². The van der Waals surface area contributed by atoms with Crippen molar-refractivity contribution in [1.82, 2.24) is 0 Å². The van der Waals surface area contributed by atoms with Gasteiger partial charge in [0, 0.05) is 12.8 Å². The fourth-order valence-electron chi connectivity index (χ4n) is 9.06. The Bertz CT molecular complexity index is 1370. The molecule has 13 heteroatoms. The maximum absolute atomic E-state index is 12.9. The van der Waals surface area contributed by atoms with Crippen molar-refractivity contribution in [2.75, 3.05) is 19.0 Å².